The van der Waals surface area contributed by atoms with Crippen LogP contribution < -0.4 is 24.0 Å². The Kier molecular flexibility index (Phi) is 9.04. The number of alkyl halides is 1. The van der Waals surface area contributed by atoms with Crippen LogP contribution in [0.15, 0.2) is 83.3 Å². The number of benzene rings is 4. The summed E-state index contributed by atoms with van der Waals surface area (Å²) < 4.78 is 45.5. The molecule has 2 aliphatic rings. The molecule has 11 nitrogen and oxygen atoms in total. The molecule has 6 aromatic rings. The van der Waals surface area contributed by atoms with Gasteiger partial charge in [0.1, 0.15) is 40.3 Å². The molecule has 1 fully saturated rings. The monoisotopic (exact) mass is 705 g/mol. The summed E-state index contributed by atoms with van der Waals surface area (Å²) in [5, 5.41) is 0. The van der Waals surface area contributed by atoms with Crippen LogP contribution in [0.1, 0.15) is 30.4 Å². The van der Waals surface area contributed by atoms with Crippen LogP contribution in [0.2, 0.25) is 0 Å². The average Bonchev–Trinajstić information content (AvgIpc) is 3.88. The van der Waals surface area contributed by atoms with Gasteiger partial charge in [0.2, 0.25) is 0 Å². The van der Waals surface area contributed by atoms with Gasteiger partial charge in [0.25, 0.3) is 6.01 Å². The van der Waals surface area contributed by atoms with E-state index in [0.717, 1.165) is 58.9 Å². The summed E-state index contributed by atoms with van der Waals surface area (Å²) in [7, 11) is 4.60. The third-order valence-corrected chi connectivity index (χ3v) is 9.89. The zero-order valence-corrected chi connectivity index (χ0v) is 29.4. The van der Waals surface area contributed by atoms with Gasteiger partial charge in [0, 0.05) is 43.5 Å². The van der Waals surface area contributed by atoms with E-state index >= 15 is 0 Å². The average molecular weight is 706 g/mol. The fraction of sp³-hybridized carbons (Fsp3) is 0.325. The summed E-state index contributed by atoms with van der Waals surface area (Å²) in [5.74, 6) is 2.43. The lowest BCUT2D eigenvalue weighted by Crippen LogP contribution is -2.41. The molecule has 0 spiro atoms. The summed E-state index contributed by atoms with van der Waals surface area (Å²) in [6.07, 6.45) is 0.711. The van der Waals surface area contributed by atoms with Crippen molar-refractivity contribution < 1.29 is 32.5 Å². The Hall–Kier alpha value is -5.78. The fourth-order valence-corrected chi connectivity index (χ4v) is 7.21. The predicted molar refractivity (Wildman–Crippen MR) is 196 cm³/mol. The van der Waals surface area contributed by atoms with Crippen LogP contribution in [0.25, 0.3) is 33.5 Å². The van der Waals surface area contributed by atoms with Crippen molar-refractivity contribution in [2.75, 3.05) is 44.3 Å². The van der Waals surface area contributed by atoms with Gasteiger partial charge in [-0.05, 0) is 78.9 Å². The maximum Gasteiger partial charge on any atom is 0.331 e. The third-order valence-electron chi connectivity index (χ3n) is 9.89. The molecule has 1 saturated heterocycles. The van der Waals surface area contributed by atoms with Crippen molar-refractivity contribution in [3.63, 3.8) is 0 Å². The van der Waals surface area contributed by atoms with Crippen LogP contribution in [0.4, 0.5) is 16.1 Å². The van der Waals surface area contributed by atoms with Gasteiger partial charge in [-0.25, -0.2) is 14.2 Å². The van der Waals surface area contributed by atoms with E-state index in [4.69, 9.17) is 33.3 Å². The van der Waals surface area contributed by atoms with Crippen LogP contribution in [0.5, 0.6) is 17.2 Å². The molecule has 0 radical (unpaired) electrons. The SMILES string of the molecule is COC(=O)[C@@H]1[C@@H](F)CCN1c1cc2c3c(c1)nc(-c1ccc4oc(N(Cc5ccc(OC)cc5)Cc5ccc(OC)cc5)nc4c1)n3CCCCO2. The van der Waals surface area contributed by atoms with E-state index in [0.29, 0.717) is 60.3 Å². The van der Waals surface area contributed by atoms with Crippen LogP contribution in [-0.4, -0.2) is 67.2 Å². The van der Waals surface area contributed by atoms with Gasteiger partial charge < -0.3 is 37.7 Å². The maximum atomic E-state index is 14.9. The standard InChI is InChI=1S/C40H40FN5O6/c1-48-29-11-6-25(7-12-29)23-44(24-26-8-13-30(49-2)14-9-26)40-43-32-20-27(10-15-34(32)52-40)38-42-33-21-28(45-18-16-31(41)36(45)39(47)50-3)22-35-37(33)46(38)17-4-5-19-51-35/h6-15,20-22,31,36H,4-5,16-19,23-24H2,1-3H3/t31-,36-/m0/s1. The van der Waals surface area contributed by atoms with Crippen molar-refractivity contribution >= 4 is 39.8 Å². The number of aryl methyl sites for hydroxylation is 1. The van der Waals surface area contributed by atoms with E-state index in [2.05, 4.69) is 9.47 Å². The van der Waals surface area contributed by atoms with Gasteiger partial charge >= 0.3 is 5.97 Å². The third kappa shape index (κ3) is 6.33. The van der Waals surface area contributed by atoms with Crippen LogP contribution in [0, 0.1) is 0 Å². The van der Waals surface area contributed by atoms with Crippen LogP contribution in [-0.2, 0) is 29.2 Å². The lowest BCUT2D eigenvalue weighted by Gasteiger charge is -2.26. The lowest BCUT2D eigenvalue weighted by atomic mass is 10.1. The molecule has 2 aliphatic heterocycles. The van der Waals surface area contributed by atoms with Crippen molar-refractivity contribution in [3.8, 4) is 28.6 Å². The summed E-state index contributed by atoms with van der Waals surface area (Å²) >= 11 is 0. The van der Waals surface area contributed by atoms with E-state index in [1.54, 1.807) is 19.1 Å². The second-order valence-corrected chi connectivity index (χ2v) is 13.2. The fourth-order valence-electron chi connectivity index (χ4n) is 7.21. The van der Waals surface area contributed by atoms with E-state index in [-0.39, 0.29) is 6.42 Å². The van der Waals surface area contributed by atoms with Crippen molar-refractivity contribution in [2.24, 2.45) is 0 Å². The predicted octanol–water partition coefficient (Wildman–Crippen LogP) is 7.33. The number of rotatable bonds is 10. The highest BCUT2D eigenvalue weighted by molar-refractivity contribution is 5.92. The first-order chi connectivity index (χ1) is 25.4. The maximum absolute atomic E-state index is 14.9. The zero-order valence-electron chi connectivity index (χ0n) is 29.4. The number of esters is 1. The zero-order chi connectivity index (χ0) is 35.8. The molecule has 0 unspecified atom stereocenters. The van der Waals surface area contributed by atoms with Crippen molar-refractivity contribution in [2.45, 2.75) is 51.1 Å². The molecule has 0 saturated carbocycles. The Morgan fingerprint density at radius 3 is 2.25 bits per heavy atom. The molecule has 52 heavy (non-hydrogen) atoms. The van der Waals surface area contributed by atoms with Crippen molar-refractivity contribution in [1.82, 2.24) is 14.5 Å². The van der Waals surface area contributed by atoms with Gasteiger partial charge in [-0.15, -0.1) is 0 Å². The topological polar surface area (TPSA) is 104 Å². The van der Waals surface area contributed by atoms with Gasteiger partial charge in [-0.1, -0.05) is 24.3 Å². The first-order valence-corrected chi connectivity index (χ1v) is 17.5. The highest BCUT2D eigenvalue weighted by atomic mass is 19.1. The summed E-state index contributed by atoms with van der Waals surface area (Å²) in [4.78, 5) is 26.6. The molecule has 12 heteroatoms. The lowest BCUT2D eigenvalue weighted by molar-refractivity contribution is -0.143. The number of aromatic nitrogens is 3. The molecule has 4 heterocycles. The van der Waals surface area contributed by atoms with E-state index in [9.17, 15) is 9.18 Å². The van der Waals surface area contributed by atoms with E-state index in [1.807, 2.05) is 78.9 Å². The minimum absolute atomic E-state index is 0.241. The number of carbonyl (C=O) groups excluding carboxylic acids is 1. The largest absolute Gasteiger partial charge is 0.497 e. The number of imidazole rings is 1. The van der Waals surface area contributed by atoms with Gasteiger partial charge in [0.05, 0.1) is 33.5 Å². The summed E-state index contributed by atoms with van der Waals surface area (Å²) in [5.41, 5.74) is 6.67. The smallest absolute Gasteiger partial charge is 0.331 e. The summed E-state index contributed by atoms with van der Waals surface area (Å²) in [6.45, 7) is 2.82. The van der Waals surface area contributed by atoms with Gasteiger partial charge in [-0.3, -0.25) is 0 Å². The molecule has 0 aliphatic carbocycles. The molecule has 2 atom stereocenters. The Morgan fingerprint density at radius 2 is 1.58 bits per heavy atom. The summed E-state index contributed by atoms with van der Waals surface area (Å²) in [6, 6.07) is 25.2. The number of anilines is 2. The second kappa shape index (κ2) is 14.1. The first-order valence-electron chi connectivity index (χ1n) is 17.5. The highest BCUT2D eigenvalue weighted by Gasteiger charge is 2.41. The Bertz CT molecular complexity index is 2170. The molecule has 268 valence electrons. The number of hydrogen-bond donors (Lipinski definition) is 0. The number of halogens is 1. The van der Waals surface area contributed by atoms with Crippen molar-refractivity contribution in [1.29, 1.82) is 0 Å². The number of ether oxygens (including phenoxy) is 4. The molecule has 8 rings (SSSR count). The minimum atomic E-state index is -1.32. The number of nitrogens with zero attached hydrogens (tertiary/aromatic N) is 5. The van der Waals surface area contributed by atoms with E-state index < -0.39 is 18.2 Å². The number of hydrogen-bond acceptors (Lipinski definition) is 10. The van der Waals surface area contributed by atoms with Gasteiger partial charge in [-0.2, -0.15) is 4.98 Å². The number of fused-ring (bicyclic) bond motifs is 1. The first kappa shape index (κ1) is 33.4. The van der Waals surface area contributed by atoms with E-state index in [1.165, 1.54) is 7.11 Å². The molecule has 0 amide bonds. The second-order valence-electron chi connectivity index (χ2n) is 13.2. The number of carbonyl (C=O) groups is 1. The quantitative estimate of drug-likeness (QED) is 0.135. The number of methoxy groups -OCH3 is 3. The molecule has 0 N–H and O–H groups in total. The highest BCUT2D eigenvalue weighted by Crippen LogP contribution is 2.40. The molecular formula is C40H40FN5O6. The Balaban J connectivity index is 1.16. The minimum Gasteiger partial charge on any atom is -0.497 e. The van der Waals surface area contributed by atoms with Crippen LogP contribution >= 0.6 is 0 Å². The Labute approximate surface area is 300 Å². The van der Waals surface area contributed by atoms with Crippen LogP contribution in [0.3, 0.4) is 0 Å². The molecule has 2 aromatic heterocycles. The molecule has 0 bridgehead atoms. The van der Waals surface area contributed by atoms with Gasteiger partial charge in [0.15, 0.2) is 11.6 Å². The molecule has 4 aromatic carbocycles. The Morgan fingerprint density at radius 1 is 0.865 bits per heavy atom. The molecular weight excluding hydrogens is 665 g/mol. The normalized spacial score (nSPS) is 17.1. The van der Waals surface area contributed by atoms with Crippen molar-refractivity contribution in [3.05, 3.63) is 90.0 Å². The number of oxazole rings is 1.